The molecular weight excluding hydrogens is 180 g/mol. The van der Waals surface area contributed by atoms with Gasteiger partial charge in [-0.2, -0.15) is 0 Å². The number of amides is 1. The molecule has 0 bridgehead atoms. The fourth-order valence-electron chi connectivity index (χ4n) is 1.83. The van der Waals surface area contributed by atoms with E-state index < -0.39 is 0 Å². The van der Waals surface area contributed by atoms with Crippen LogP contribution in [-0.4, -0.2) is 55.0 Å². The first-order chi connectivity index (χ1) is 6.56. The van der Waals surface area contributed by atoms with Crippen LogP contribution in [0.5, 0.6) is 0 Å². The first kappa shape index (κ1) is 11.4. The van der Waals surface area contributed by atoms with Crippen LogP contribution in [0.1, 0.15) is 13.3 Å². The molecule has 1 fully saturated rings. The Hall–Kier alpha value is -0.650. The Bertz CT molecular complexity index is 207. The molecule has 2 unspecified atom stereocenters. The Kier molecular flexibility index (Phi) is 3.86. The van der Waals surface area contributed by atoms with Gasteiger partial charge in [-0.3, -0.25) is 15.1 Å². The number of hydrazine groups is 1. The number of hydrogen-bond acceptors (Lipinski definition) is 4. The molecule has 1 saturated heterocycles. The average Bonchev–Trinajstić information content (AvgIpc) is 2.64. The van der Waals surface area contributed by atoms with E-state index in [9.17, 15) is 4.79 Å². The molecule has 0 aromatic heterocycles. The molecule has 2 atom stereocenters. The van der Waals surface area contributed by atoms with Crippen molar-refractivity contribution in [1.82, 2.24) is 15.2 Å². The molecule has 1 amide bonds. The van der Waals surface area contributed by atoms with Crippen LogP contribution in [0.25, 0.3) is 0 Å². The highest BCUT2D eigenvalue weighted by molar-refractivity contribution is 5.80. The molecule has 0 aliphatic carbocycles. The fraction of sp³-hybridized carbons (Fsp3) is 0.889. The van der Waals surface area contributed by atoms with Gasteiger partial charge in [-0.05, 0) is 27.4 Å². The maximum atomic E-state index is 11.3. The Labute approximate surface area is 85.2 Å². The van der Waals surface area contributed by atoms with Crippen LogP contribution >= 0.6 is 0 Å². The second-order valence-electron chi connectivity index (χ2n) is 4.09. The topological polar surface area (TPSA) is 61.6 Å². The summed E-state index contributed by atoms with van der Waals surface area (Å²) in [5, 5.41) is 0. The van der Waals surface area contributed by atoms with Gasteiger partial charge in [0.25, 0.3) is 5.91 Å². The number of hydrogen-bond donors (Lipinski definition) is 2. The molecule has 14 heavy (non-hydrogen) atoms. The Morgan fingerprint density at radius 1 is 1.64 bits per heavy atom. The third-order valence-corrected chi connectivity index (χ3v) is 2.99. The van der Waals surface area contributed by atoms with Crippen LogP contribution in [0.15, 0.2) is 0 Å². The summed E-state index contributed by atoms with van der Waals surface area (Å²) in [6, 6.07) is 0.438. The van der Waals surface area contributed by atoms with Crippen molar-refractivity contribution in [3.63, 3.8) is 0 Å². The van der Waals surface area contributed by atoms with E-state index in [-0.39, 0.29) is 11.9 Å². The highest BCUT2D eigenvalue weighted by atomic mass is 16.2. The number of carbonyl (C=O) groups is 1. The SMILES string of the molecule is CC(C(=O)NN)N1CCC(N(C)C)C1. The van der Waals surface area contributed by atoms with Crippen molar-refractivity contribution < 1.29 is 4.79 Å². The maximum absolute atomic E-state index is 11.3. The monoisotopic (exact) mass is 200 g/mol. The zero-order chi connectivity index (χ0) is 10.7. The van der Waals surface area contributed by atoms with E-state index in [0.717, 1.165) is 19.5 Å². The molecule has 0 aromatic rings. The summed E-state index contributed by atoms with van der Waals surface area (Å²) in [5.74, 6) is 4.99. The van der Waals surface area contributed by atoms with Crippen molar-refractivity contribution in [3.05, 3.63) is 0 Å². The third-order valence-electron chi connectivity index (χ3n) is 2.99. The van der Waals surface area contributed by atoms with E-state index in [0.29, 0.717) is 6.04 Å². The van der Waals surface area contributed by atoms with Crippen LogP contribution in [0.3, 0.4) is 0 Å². The molecule has 5 heteroatoms. The van der Waals surface area contributed by atoms with Crippen LogP contribution in [0, 0.1) is 0 Å². The molecule has 1 aliphatic heterocycles. The molecule has 5 nitrogen and oxygen atoms in total. The minimum atomic E-state index is -0.120. The number of nitrogens with one attached hydrogen (secondary N) is 1. The lowest BCUT2D eigenvalue weighted by molar-refractivity contribution is -0.125. The lowest BCUT2D eigenvalue weighted by Gasteiger charge is -2.24. The van der Waals surface area contributed by atoms with Gasteiger partial charge in [0, 0.05) is 19.1 Å². The number of likely N-dealkylation sites (tertiary alicyclic amines) is 1. The van der Waals surface area contributed by atoms with Crippen LogP contribution < -0.4 is 11.3 Å². The van der Waals surface area contributed by atoms with Crippen LogP contribution in [0.4, 0.5) is 0 Å². The van der Waals surface area contributed by atoms with Crippen molar-refractivity contribution in [2.75, 3.05) is 27.2 Å². The van der Waals surface area contributed by atoms with Crippen molar-refractivity contribution in [3.8, 4) is 0 Å². The molecule has 1 aliphatic rings. The zero-order valence-electron chi connectivity index (χ0n) is 9.16. The van der Waals surface area contributed by atoms with E-state index >= 15 is 0 Å². The molecule has 0 saturated carbocycles. The largest absolute Gasteiger partial charge is 0.305 e. The Balaban J connectivity index is 2.45. The first-order valence-electron chi connectivity index (χ1n) is 4.97. The standard InChI is InChI=1S/C9H20N4O/c1-7(9(14)11-10)13-5-4-8(6-13)12(2)3/h7-8H,4-6,10H2,1-3H3,(H,11,14). The highest BCUT2D eigenvalue weighted by Crippen LogP contribution is 2.15. The average molecular weight is 200 g/mol. The normalized spacial score (nSPS) is 25.4. The van der Waals surface area contributed by atoms with Gasteiger partial charge in [-0.15, -0.1) is 0 Å². The van der Waals surface area contributed by atoms with Crippen molar-refractivity contribution in [2.45, 2.75) is 25.4 Å². The first-order valence-corrected chi connectivity index (χ1v) is 4.97. The van der Waals surface area contributed by atoms with Gasteiger partial charge in [0.1, 0.15) is 0 Å². The molecule has 0 spiro atoms. The van der Waals surface area contributed by atoms with Crippen molar-refractivity contribution in [1.29, 1.82) is 0 Å². The van der Waals surface area contributed by atoms with Crippen LogP contribution in [0.2, 0.25) is 0 Å². The Morgan fingerprint density at radius 3 is 2.71 bits per heavy atom. The smallest absolute Gasteiger partial charge is 0.250 e. The second kappa shape index (κ2) is 4.72. The Morgan fingerprint density at radius 2 is 2.29 bits per heavy atom. The summed E-state index contributed by atoms with van der Waals surface area (Å²) in [7, 11) is 4.14. The van der Waals surface area contributed by atoms with E-state index in [2.05, 4.69) is 29.3 Å². The highest BCUT2D eigenvalue weighted by Gasteiger charge is 2.29. The molecule has 3 N–H and O–H groups in total. The summed E-state index contributed by atoms with van der Waals surface area (Å²) < 4.78 is 0. The summed E-state index contributed by atoms with van der Waals surface area (Å²) in [4.78, 5) is 15.6. The van der Waals surface area contributed by atoms with E-state index in [1.165, 1.54) is 0 Å². The quantitative estimate of drug-likeness (QED) is 0.348. The lowest BCUT2D eigenvalue weighted by Crippen LogP contribution is -2.47. The van der Waals surface area contributed by atoms with Gasteiger partial charge in [0.2, 0.25) is 0 Å². The molecule has 82 valence electrons. The number of nitrogens with zero attached hydrogens (tertiary/aromatic N) is 2. The van der Waals surface area contributed by atoms with E-state index in [1.807, 2.05) is 6.92 Å². The summed E-state index contributed by atoms with van der Waals surface area (Å²) in [6.07, 6.45) is 1.12. The molecule has 0 aromatic carbocycles. The molecule has 1 rings (SSSR count). The molecule has 1 heterocycles. The minimum Gasteiger partial charge on any atom is -0.305 e. The zero-order valence-corrected chi connectivity index (χ0v) is 9.16. The van der Waals surface area contributed by atoms with E-state index in [1.54, 1.807) is 0 Å². The minimum absolute atomic E-state index is 0.107. The number of rotatable bonds is 3. The fourth-order valence-corrected chi connectivity index (χ4v) is 1.83. The van der Waals surface area contributed by atoms with Crippen molar-refractivity contribution in [2.24, 2.45) is 5.84 Å². The van der Waals surface area contributed by atoms with Crippen LogP contribution in [-0.2, 0) is 4.79 Å². The van der Waals surface area contributed by atoms with Gasteiger partial charge in [-0.1, -0.05) is 0 Å². The van der Waals surface area contributed by atoms with Crippen molar-refractivity contribution >= 4 is 5.91 Å². The van der Waals surface area contributed by atoms with Gasteiger partial charge in [0.15, 0.2) is 0 Å². The number of carbonyl (C=O) groups excluding carboxylic acids is 1. The number of nitrogens with two attached hydrogens (primary N) is 1. The third kappa shape index (κ3) is 2.43. The summed E-state index contributed by atoms with van der Waals surface area (Å²) >= 11 is 0. The molecular formula is C9H20N4O. The lowest BCUT2D eigenvalue weighted by atomic mass is 10.2. The number of likely N-dealkylation sites (N-methyl/N-ethyl adjacent to an activating group) is 1. The summed E-state index contributed by atoms with van der Waals surface area (Å²) in [6.45, 7) is 3.80. The maximum Gasteiger partial charge on any atom is 0.250 e. The predicted molar refractivity (Wildman–Crippen MR) is 55.5 cm³/mol. The predicted octanol–water partition coefficient (Wildman–Crippen LogP) is -0.999. The van der Waals surface area contributed by atoms with Gasteiger partial charge < -0.3 is 4.90 Å². The second-order valence-corrected chi connectivity index (χ2v) is 4.09. The van der Waals surface area contributed by atoms with Gasteiger partial charge >= 0.3 is 0 Å². The molecule has 0 radical (unpaired) electrons. The van der Waals surface area contributed by atoms with E-state index in [4.69, 9.17) is 5.84 Å². The van der Waals surface area contributed by atoms with Gasteiger partial charge in [0.05, 0.1) is 6.04 Å². The summed E-state index contributed by atoms with van der Waals surface area (Å²) in [5.41, 5.74) is 2.19. The van der Waals surface area contributed by atoms with Gasteiger partial charge in [-0.25, -0.2) is 5.84 Å².